The Morgan fingerprint density at radius 1 is 1.42 bits per heavy atom. The Morgan fingerprint density at radius 2 is 2.26 bits per heavy atom. The molecule has 0 fully saturated rings. The Bertz CT molecular complexity index is 732. The van der Waals surface area contributed by atoms with Gasteiger partial charge in [-0.25, -0.2) is 4.68 Å². The van der Waals surface area contributed by atoms with Crippen LogP contribution in [0.5, 0.6) is 0 Å². The maximum atomic E-state index is 12.2. The molecule has 2 heterocycles. The Labute approximate surface area is 113 Å². The number of hydrogen-bond acceptors (Lipinski definition) is 5. The molecule has 0 bridgehead atoms. The smallest absolute Gasteiger partial charge is 0.209 e. The van der Waals surface area contributed by atoms with Gasteiger partial charge in [0.2, 0.25) is 5.16 Å². The van der Waals surface area contributed by atoms with Gasteiger partial charge in [-0.05, 0) is 16.5 Å². The minimum Gasteiger partial charge on any atom is -0.360 e. The van der Waals surface area contributed by atoms with Crippen molar-refractivity contribution in [3.8, 4) is 0 Å². The first kappa shape index (κ1) is 11.9. The number of aryl methyl sites for hydroxylation is 1. The summed E-state index contributed by atoms with van der Waals surface area (Å²) in [7, 11) is 1.75. The third-order valence-corrected chi connectivity index (χ3v) is 3.81. The number of H-pyrrole nitrogens is 1. The van der Waals surface area contributed by atoms with Crippen molar-refractivity contribution in [1.29, 1.82) is 0 Å². The largest absolute Gasteiger partial charge is 0.360 e. The highest BCUT2D eigenvalue weighted by molar-refractivity contribution is 7.99. The summed E-state index contributed by atoms with van der Waals surface area (Å²) in [6.45, 7) is 0. The van der Waals surface area contributed by atoms with E-state index in [2.05, 4.69) is 20.5 Å². The first-order valence-corrected chi connectivity index (χ1v) is 6.69. The Kier molecular flexibility index (Phi) is 3.04. The number of para-hydroxylation sites is 1. The zero-order valence-corrected chi connectivity index (χ0v) is 11.0. The van der Waals surface area contributed by atoms with Crippen LogP contribution in [-0.4, -0.2) is 36.7 Å². The van der Waals surface area contributed by atoms with Crippen LogP contribution >= 0.6 is 11.8 Å². The quantitative estimate of drug-likeness (QED) is 0.578. The minimum absolute atomic E-state index is 0.0606. The molecule has 19 heavy (non-hydrogen) atoms. The molecule has 3 aromatic rings. The van der Waals surface area contributed by atoms with Crippen LogP contribution in [0.4, 0.5) is 0 Å². The van der Waals surface area contributed by atoms with Crippen molar-refractivity contribution < 1.29 is 4.79 Å². The molecule has 0 aliphatic carbocycles. The van der Waals surface area contributed by atoms with Crippen molar-refractivity contribution in [3.63, 3.8) is 0 Å². The summed E-state index contributed by atoms with van der Waals surface area (Å²) in [5.74, 6) is 0.376. The molecule has 6 nitrogen and oxygen atoms in total. The van der Waals surface area contributed by atoms with E-state index >= 15 is 0 Å². The second-order valence-electron chi connectivity index (χ2n) is 4.04. The fourth-order valence-electron chi connectivity index (χ4n) is 1.85. The molecule has 0 unspecified atom stereocenters. The molecule has 0 aliphatic heterocycles. The van der Waals surface area contributed by atoms with Crippen molar-refractivity contribution >= 4 is 28.4 Å². The van der Waals surface area contributed by atoms with Crippen molar-refractivity contribution in [2.45, 2.75) is 5.16 Å². The number of thioether (sulfide) groups is 1. The van der Waals surface area contributed by atoms with Gasteiger partial charge in [0, 0.05) is 29.7 Å². The van der Waals surface area contributed by atoms with E-state index in [9.17, 15) is 4.79 Å². The van der Waals surface area contributed by atoms with Gasteiger partial charge in [-0.3, -0.25) is 4.79 Å². The molecule has 0 aliphatic rings. The maximum absolute atomic E-state index is 12.2. The monoisotopic (exact) mass is 273 g/mol. The number of nitrogens with zero attached hydrogens (tertiary/aromatic N) is 4. The van der Waals surface area contributed by atoms with Gasteiger partial charge >= 0.3 is 0 Å². The SMILES string of the molecule is Cn1nnnc1SCC(=O)c1c[nH]c2ccccc12. The molecule has 0 spiro atoms. The molecule has 0 amide bonds. The highest BCUT2D eigenvalue weighted by Gasteiger charge is 2.13. The molecule has 1 aromatic carbocycles. The number of ketones is 1. The maximum Gasteiger partial charge on any atom is 0.209 e. The number of nitrogens with one attached hydrogen (secondary N) is 1. The minimum atomic E-state index is 0.0606. The number of benzene rings is 1. The van der Waals surface area contributed by atoms with Crippen LogP contribution in [0.2, 0.25) is 0 Å². The fraction of sp³-hybridized carbons (Fsp3) is 0.167. The summed E-state index contributed by atoms with van der Waals surface area (Å²) < 4.78 is 1.55. The molecular weight excluding hydrogens is 262 g/mol. The molecule has 1 N–H and O–H groups in total. The lowest BCUT2D eigenvalue weighted by molar-refractivity contribution is 0.102. The first-order chi connectivity index (χ1) is 9.25. The van der Waals surface area contributed by atoms with Crippen molar-refractivity contribution in [2.75, 3.05) is 5.75 Å². The summed E-state index contributed by atoms with van der Waals surface area (Å²) in [6, 6.07) is 7.75. The van der Waals surface area contributed by atoms with Gasteiger partial charge < -0.3 is 4.98 Å². The third kappa shape index (κ3) is 2.24. The van der Waals surface area contributed by atoms with E-state index in [4.69, 9.17) is 0 Å². The lowest BCUT2D eigenvalue weighted by Gasteiger charge is -1.99. The van der Waals surface area contributed by atoms with E-state index in [1.807, 2.05) is 24.3 Å². The van der Waals surface area contributed by atoms with E-state index in [1.54, 1.807) is 17.9 Å². The standard InChI is InChI=1S/C12H11N5OS/c1-17-12(14-15-16-17)19-7-11(18)9-6-13-10-5-3-2-4-8(9)10/h2-6,13H,7H2,1H3. The fourth-order valence-corrected chi connectivity index (χ4v) is 2.59. The second kappa shape index (κ2) is 4.85. The number of rotatable bonds is 4. The van der Waals surface area contributed by atoms with Crippen LogP contribution in [0.1, 0.15) is 10.4 Å². The van der Waals surface area contributed by atoms with Crippen LogP contribution in [-0.2, 0) is 7.05 Å². The molecule has 3 rings (SSSR count). The zero-order valence-electron chi connectivity index (χ0n) is 10.2. The van der Waals surface area contributed by atoms with Crippen LogP contribution in [0, 0.1) is 0 Å². The predicted molar refractivity (Wildman–Crippen MR) is 72.2 cm³/mol. The van der Waals surface area contributed by atoms with Gasteiger partial charge in [0.05, 0.1) is 5.75 Å². The predicted octanol–water partition coefficient (Wildman–Crippen LogP) is 1.67. The van der Waals surface area contributed by atoms with Gasteiger partial charge in [-0.1, -0.05) is 30.0 Å². The van der Waals surface area contributed by atoms with E-state index in [0.29, 0.717) is 16.5 Å². The average molecular weight is 273 g/mol. The highest BCUT2D eigenvalue weighted by Crippen LogP contribution is 2.21. The van der Waals surface area contributed by atoms with E-state index in [-0.39, 0.29) is 5.78 Å². The number of fused-ring (bicyclic) bond motifs is 1. The number of Topliss-reactive ketones (excluding diaryl/α,β-unsaturated/α-hetero) is 1. The van der Waals surface area contributed by atoms with Gasteiger partial charge in [0.15, 0.2) is 5.78 Å². The van der Waals surface area contributed by atoms with Crippen molar-refractivity contribution in [1.82, 2.24) is 25.2 Å². The lowest BCUT2D eigenvalue weighted by atomic mass is 10.1. The van der Waals surface area contributed by atoms with E-state index < -0.39 is 0 Å². The van der Waals surface area contributed by atoms with Gasteiger partial charge in [-0.15, -0.1) is 5.10 Å². The molecule has 0 radical (unpaired) electrons. The molecule has 0 saturated heterocycles. The number of hydrogen-bond donors (Lipinski definition) is 1. The molecule has 2 aromatic heterocycles. The summed E-state index contributed by atoms with van der Waals surface area (Å²) in [5, 5.41) is 12.7. The number of aromatic nitrogens is 5. The van der Waals surface area contributed by atoms with E-state index in [0.717, 1.165) is 10.9 Å². The van der Waals surface area contributed by atoms with Gasteiger partial charge in [0.25, 0.3) is 0 Å². The summed E-state index contributed by atoms with van der Waals surface area (Å²) in [5.41, 5.74) is 1.68. The Morgan fingerprint density at radius 3 is 3.05 bits per heavy atom. The molecule has 7 heteroatoms. The van der Waals surface area contributed by atoms with Crippen molar-refractivity contribution in [2.24, 2.45) is 7.05 Å². The highest BCUT2D eigenvalue weighted by atomic mass is 32.2. The first-order valence-electron chi connectivity index (χ1n) is 5.70. The number of carbonyl (C=O) groups is 1. The molecule has 96 valence electrons. The summed E-state index contributed by atoms with van der Waals surface area (Å²) in [6.07, 6.45) is 1.75. The number of aromatic amines is 1. The summed E-state index contributed by atoms with van der Waals surface area (Å²) >= 11 is 1.33. The Balaban J connectivity index is 1.79. The van der Waals surface area contributed by atoms with E-state index in [1.165, 1.54) is 11.8 Å². The van der Waals surface area contributed by atoms with Gasteiger partial charge in [0.1, 0.15) is 0 Å². The number of carbonyl (C=O) groups excluding carboxylic acids is 1. The van der Waals surface area contributed by atoms with Crippen LogP contribution in [0.3, 0.4) is 0 Å². The average Bonchev–Trinajstić information content (AvgIpc) is 3.02. The summed E-state index contributed by atoms with van der Waals surface area (Å²) in [4.78, 5) is 15.3. The number of tetrazole rings is 1. The Hall–Kier alpha value is -2.15. The van der Waals surface area contributed by atoms with Crippen molar-refractivity contribution in [3.05, 3.63) is 36.0 Å². The van der Waals surface area contributed by atoms with Crippen LogP contribution < -0.4 is 0 Å². The van der Waals surface area contributed by atoms with Gasteiger partial charge in [-0.2, -0.15) is 0 Å². The zero-order chi connectivity index (χ0) is 13.2. The molecular formula is C12H11N5OS. The van der Waals surface area contributed by atoms with Crippen LogP contribution in [0.15, 0.2) is 35.6 Å². The molecule has 0 atom stereocenters. The van der Waals surface area contributed by atoms with Crippen LogP contribution in [0.25, 0.3) is 10.9 Å². The second-order valence-corrected chi connectivity index (χ2v) is 4.99. The normalized spacial score (nSPS) is 11.0. The third-order valence-electron chi connectivity index (χ3n) is 2.80. The topological polar surface area (TPSA) is 76.5 Å². The molecule has 0 saturated carbocycles. The lowest BCUT2D eigenvalue weighted by Crippen LogP contribution is -2.03.